The maximum Gasteiger partial charge on any atom is 0.307 e. The number of amides is 2. The van der Waals surface area contributed by atoms with E-state index in [1.807, 2.05) is 17.0 Å². The van der Waals surface area contributed by atoms with Crippen LogP contribution in [0.3, 0.4) is 0 Å². The van der Waals surface area contributed by atoms with Crippen molar-refractivity contribution in [2.75, 3.05) is 13.2 Å². The SMILES string of the molecule is CCOC(=O)CCNC(=O)c1ccc(C(CCC(C)(C)C)N2C(=O)C(c3ccc(F)c(Cl)c3)=NC23CCC(C(C)(C)C)CC3)cc1. The van der Waals surface area contributed by atoms with Crippen LogP contribution < -0.4 is 5.32 Å². The Morgan fingerprint density at radius 3 is 2.30 bits per heavy atom. The summed E-state index contributed by atoms with van der Waals surface area (Å²) in [5, 5.41) is 2.74. The van der Waals surface area contributed by atoms with Gasteiger partial charge in [-0.3, -0.25) is 19.4 Å². The van der Waals surface area contributed by atoms with Crippen LogP contribution in [0.1, 0.15) is 121 Å². The maximum absolute atomic E-state index is 14.5. The van der Waals surface area contributed by atoms with Crippen LogP contribution in [0.25, 0.3) is 0 Å². The summed E-state index contributed by atoms with van der Waals surface area (Å²) in [4.78, 5) is 46.3. The Hall–Kier alpha value is -3.26. The first kappa shape index (κ1) is 35.6. The molecule has 0 bridgehead atoms. The number of ether oxygens (including phenoxy) is 1. The van der Waals surface area contributed by atoms with Gasteiger partial charge in [0, 0.05) is 17.7 Å². The average Bonchev–Trinajstić information content (AvgIpc) is 3.25. The molecule has 1 aliphatic heterocycles. The number of carbonyl (C=O) groups excluding carboxylic acids is 3. The number of halogens is 2. The van der Waals surface area contributed by atoms with Crippen molar-refractivity contribution in [2.45, 2.75) is 105 Å². The normalized spacial score (nSPS) is 20.9. The molecule has 1 N–H and O–H groups in total. The van der Waals surface area contributed by atoms with Crippen LogP contribution in [0.15, 0.2) is 47.5 Å². The van der Waals surface area contributed by atoms with Crippen LogP contribution in [0.4, 0.5) is 4.39 Å². The zero-order chi connectivity index (χ0) is 33.9. The summed E-state index contributed by atoms with van der Waals surface area (Å²) in [6.07, 6.45) is 4.99. The third-order valence-electron chi connectivity index (χ3n) is 9.35. The van der Waals surface area contributed by atoms with Gasteiger partial charge in [0.05, 0.1) is 24.1 Å². The second kappa shape index (κ2) is 14.2. The highest BCUT2D eigenvalue weighted by Gasteiger charge is 2.52. The largest absolute Gasteiger partial charge is 0.466 e. The highest BCUT2D eigenvalue weighted by Crippen LogP contribution is 2.50. The maximum atomic E-state index is 14.5. The molecule has 1 saturated carbocycles. The van der Waals surface area contributed by atoms with Crippen molar-refractivity contribution in [2.24, 2.45) is 21.7 Å². The van der Waals surface area contributed by atoms with Crippen molar-refractivity contribution in [1.29, 1.82) is 0 Å². The molecule has 0 radical (unpaired) electrons. The quantitative estimate of drug-likeness (QED) is 0.261. The fraction of sp³-hybridized carbons (Fsp3) is 0.568. The summed E-state index contributed by atoms with van der Waals surface area (Å²) in [6, 6.07) is 11.4. The molecule has 1 unspecified atom stereocenters. The standard InChI is InChI=1S/C37H49ClFN3O4/c1-8-46-31(43)18-22-40-33(44)25-11-9-24(10-12-25)30(17-19-35(2,3)4)42-34(45)32(26-13-14-29(39)28(38)23-26)41-37(42)20-15-27(16-21-37)36(5,6)7/h9-14,23,27,30H,8,15-22H2,1-7H3,(H,40,44). The summed E-state index contributed by atoms with van der Waals surface area (Å²) in [6.45, 7) is 15.6. The van der Waals surface area contributed by atoms with E-state index in [1.165, 1.54) is 12.1 Å². The molecule has 1 aliphatic carbocycles. The Morgan fingerprint density at radius 1 is 1.09 bits per heavy atom. The molecular formula is C37H49ClFN3O4. The molecule has 46 heavy (non-hydrogen) atoms. The molecule has 2 aliphatic rings. The third kappa shape index (κ3) is 8.36. The van der Waals surface area contributed by atoms with E-state index in [2.05, 4.69) is 46.9 Å². The molecule has 0 aromatic heterocycles. The van der Waals surface area contributed by atoms with E-state index in [0.29, 0.717) is 35.8 Å². The van der Waals surface area contributed by atoms with E-state index >= 15 is 0 Å². The van der Waals surface area contributed by atoms with E-state index in [4.69, 9.17) is 21.3 Å². The van der Waals surface area contributed by atoms with Gasteiger partial charge < -0.3 is 15.0 Å². The summed E-state index contributed by atoms with van der Waals surface area (Å²) < 4.78 is 19.1. The van der Waals surface area contributed by atoms with Gasteiger partial charge in [0.2, 0.25) is 0 Å². The second-order valence-corrected chi connectivity index (χ2v) is 15.3. The van der Waals surface area contributed by atoms with Gasteiger partial charge in [-0.1, -0.05) is 65.3 Å². The van der Waals surface area contributed by atoms with Crippen LogP contribution in [0.2, 0.25) is 5.02 Å². The summed E-state index contributed by atoms with van der Waals surface area (Å²) in [7, 11) is 0. The van der Waals surface area contributed by atoms with Gasteiger partial charge in [0.15, 0.2) is 0 Å². The van der Waals surface area contributed by atoms with Crippen LogP contribution in [0.5, 0.6) is 0 Å². The number of hydrogen-bond acceptors (Lipinski definition) is 5. The van der Waals surface area contributed by atoms with E-state index in [0.717, 1.165) is 37.7 Å². The van der Waals surface area contributed by atoms with Gasteiger partial charge in [-0.05, 0) is 98.1 Å². The monoisotopic (exact) mass is 653 g/mol. The Bertz CT molecular complexity index is 1450. The Kier molecular flexibility index (Phi) is 11.0. The third-order valence-corrected chi connectivity index (χ3v) is 9.64. The predicted molar refractivity (Wildman–Crippen MR) is 180 cm³/mol. The number of nitrogens with zero attached hydrogens (tertiary/aromatic N) is 2. The number of aliphatic imine (C=N–C) groups is 1. The van der Waals surface area contributed by atoms with Crippen molar-refractivity contribution >= 4 is 35.1 Å². The summed E-state index contributed by atoms with van der Waals surface area (Å²) in [5.74, 6) is -0.859. The van der Waals surface area contributed by atoms with E-state index in [1.54, 1.807) is 25.1 Å². The van der Waals surface area contributed by atoms with Gasteiger partial charge in [-0.2, -0.15) is 0 Å². The second-order valence-electron chi connectivity index (χ2n) is 14.9. The molecule has 7 nitrogen and oxygen atoms in total. The minimum atomic E-state index is -0.735. The Morgan fingerprint density at radius 2 is 1.74 bits per heavy atom. The minimum absolute atomic E-state index is 0.0189. The lowest BCUT2D eigenvalue weighted by molar-refractivity contribution is -0.143. The van der Waals surface area contributed by atoms with Gasteiger partial charge >= 0.3 is 5.97 Å². The zero-order valence-corrected chi connectivity index (χ0v) is 29.1. The van der Waals surface area contributed by atoms with Crippen LogP contribution >= 0.6 is 11.6 Å². The van der Waals surface area contributed by atoms with Crippen LogP contribution in [0, 0.1) is 22.6 Å². The first-order chi connectivity index (χ1) is 21.5. The molecule has 2 aromatic carbocycles. The van der Waals surface area contributed by atoms with E-state index in [-0.39, 0.29) is 52.6 Å². The van der Waals surface area contributed by atoms with Crippen molar-refractivity contribution in [3.05, 3.63) is 70.0 Å². The highest BCUT2D eigenvalue weighted by atomic mass is 35.5. The highest BCUT2D eigenvalue weighted by molar-refractivity contribution is 6.47. The number of esters is 1. The lowest BCUT2D eigenvalue weighted by Crippen LogP contribution is -2.51. The van der Waals surface area contributed by atoms with Crippen LogP contribution in [-0.2, 0) is 14.3 Å². The molecule has 1 heterocycles. The molecule has 2 amide bonds. The van der Waals surface area contributed by atoms with Crippen LogP contribution in [-0.4, -0.2) is 47.2 Å². The summed E-state index contributed by atoms with van der Waals surface area (Å²) >= 11 is 6.17. The van der Waals surface area contributed by atoms with Crippen molar-refractivity contribution in [3.63, 3.8) is 0 Å². The molecule has 1 atom stereocenters. The van der Waals surface area contributed by atoms with Gasteiger partial charge in [-0.15, -0.1) is 0 Å². The molecule has 0 saturated heterocycles. The fourth-order valence-electron chi connectivity index (χ4n) is 6.66. The number of carbonyl (C=O) groups is 3. The van der Waals surface area contributed by atoms with Gasteiger partial charge in [0.25, 0.3) is 11.8 Å². The number of benzene rings is 2. The number of rotatable bonds is 10. The summed E-state index contributed by atoms with van der Waals surface area (Å²) in [5.41, 5.74) is 1.64. The molecule has 4 rings (SSSR count). The predicted octanol–water partition coefficient (Wildman–Crippen LogP) is 8.29. The minimum Gasteiger partial charge on any atom is -0.466 e. The average molecular weight is 654 g/mol. The first-order valence-electron chi connectivity index (χ1n) is 16.5. The number of nitrogens with one attached hydrogen (secondary N) is 1. The molecule has 2 aromatic rings. The smallest absolute Gasteiger partial charge is 0.307 e. The number of hydrogen-bond donors (Lipinski definition) is 1. The molecular weight excluding hydrogens is 605 g/mol. The van der Waals surface area contributed by atoms with Gasteiger partial charge in [0.1, 0.15) is 17.2 Å². The van der Waals surface area contributed by atoms with Crippen molar-refractivity contribution in [3.8, 4) is 0 Å². The van der Waals surface area contributed by atoms with E-state index < -0.39 is 11.5 Å². The molecule has 1 fully saturated rings. The Labute approximate surface area is 278 Å². The first-order valence-corrected chi connectivity index (χ1v) is 16.9. The lowest BCUT2D eigenvalue weighted by atomic mass is 9.69. The fourth-order valence-corrected chi connectivity index (χ4v) is 6.84. The zero-order valence-electron chi connectivity index (χ0n) is 28.3. The van der Waals surface area contributed by atoms with E-state index in [9.17, 15) is 18.8 Å². The topological polar surface area (TPSA) is 88.1 Å². The lowest BCUT2D eigenvalue weighted by Gasteiger charge is -2.47. The van der Waals surface area contributed by atoms with Gasteiger partial charge in [-0.25, -0.2) is 4.39 Å². The molecule has 9 heteroatoms. The molecule has 1 spiro atoms. The van der Waals surface area contributed by atoms with Crippen molar-refractivity contribution in [1.82, 2.24) is 10.2 Å². The molecule has 250 valence electrons. The Balaban J connectivity index is 1.69. The van der Waals surface area contributed by atoms with Crippen molar-refractivity contribution < 1.29 is 23.5 Å².